The molecule has 0 unspecified atom stereocenters. The lowest BCUT2D eigenvalue weighted by molar-refractivity contribution is -0.113. The van der Waals surface area contributed by atoms with Crippen LogP contribution in [0.4, 0.5) is 5.69 Å². The van der Waals surface area contributed by atoms with Crippen LogP contribution in [0, 0.1) is 3.57 Å². The highest BCUT2D eigenvalue weighted by atomic mass is 127. The summed E-state index contributed by atoms with van der Waals surface area (Å²) in [6.45, 7) is 4.41. The number of hydrogen-bond acceptors (Lipinski definition) is 5. The highest BCUT2D eigenvalue weighted by Gasteiger charge is 2.15. The normalized spacial score (nSPS) is 11.1. The van der Waals surface area contributed by atoms with E-state index >= 15 is 0 Å². The lowest BCUT2D eigenvalue weighted by Gasteiger charge is -2.14. The minimum absolute atomic E-state index is 0.0955. The summed E-state index contributed by atoms with van der Waals surface area (Å²) in [5, 5.41) is 12.9. The van der Waals surface area contributed by atoms with Gasteiger partial charge in [0.1, 0.15) is 12.4 Å². The van der Waals surface area contributed by atoms with Crippen LogP contribution in [-0.2, 0) is 18.4 Å². The van der Waals surface area contributed by atoms with Crippen molar-refractivity contribution in [2.24, 2.45) is 7.05 Å². The first-order valence-electron chi connectivity index (χ1n) is 9.42. The molecule has 6 nitrogen and oxygen atoms in total. The number of benzene rings is 2. The number of rotatable bonds is 8. The number of nitrogens with zero attached hydrogens (tertiary/aromatic N) is 3. The molecular weight excluding hydrogens is 570 g/mol. The summed E-state index contributed by atoms with van der Waals surface area (Å²) in [7, 11) is 1.83. The zero-order chi connectivity index (χ0) is 22.5. The number of thioether (sulfide) groups is 1. The third kappa shape index (κ3) is 6.50. The summed E-state index contributed by atoms with van der Waals surface area (Å²) >= 11 is 15.6. The third-order valence-electron chi connectivity index (χ3n) is 4.42. The van der Waals surface area contributed by atoms with Gasteiger partial charge in [0.25, 0.3) is 0 Å². The van der Waals surface area contributed by atoms with Gasteiger partial charge in [-0.25, -0.2) is 0 Å². The second kappa shape index (κ2) is 10.9. The Hall–Kier alpha value is -1.49. The maximum atomic E-state index is 12.5. The Bertz CT molecular complexity index is 1090. The third-order valence-corrected chi connectivity index (χ3v) is 6.64. The molecule has 0 aliphatic carbocycles. The second-order valence-corrected chi connectivity index (χ2v) is 10.1. The second-order valence-electron chi connectivity index (χ2n) is 7.04. The van der Waals surface area contributed by atoms with Crippen LogP contribution in [0.1, 0.15) is 31.2 Å². The van der Waals surface area contributed by atoms with Gasteiger partial charge in [0.15, 0.2) is 11.0 Å². The maximum absolute atomic E-state index is 12.5. The van der Waals surface area contributed by atoms with Crippen LogP contribution in [0.25, 0.3) is 0 Å². The van der Waals surface area contributed by atoms with Gasteiger partial charge >= 0.3 is 0 Å². The summed E-state index contributed by atoms with van der Waals surface area (Å²) < 4.78 is 8.66. The summed E-state index contributed by atoms with van der Waals surface area (Å²) in [6, 6.07) is 11.0. The van der Waals surface area contributed by atoms with Crippen LogP contribution in [0.5, 0.6) is 5.75 Å². The molecule has 0 bridgehead atoms. The zero-order valence-corrected chi connectivity index (χ0v) is 21.6. The number of amides is 1. The largest absolute Gasteiger partial charge is 0.484 e. The van der Waals surface area contributed by atoms with E-state index in [-0.39, 0.29) is 18.3 Å². The van der Waals surface area contributed by atoms with Crippen molar-refractivity contribution in [1.29, 1.82) is 0 Å². The van der Waals surface area contributed by atoms with Gasteiger partial charge in [-0.05, 0) is 70.5 Å². The number of nitrogens with one attached hydrogen (secondary N) is 1. The van der Waals surface area contributed by atoms with Crippen molar-refractivity contribution in [3.8, 4) is 5.75 Å². The van der Waals surface area contributed by atoms with Gasteiger partial charge in [-0.15, -0.1) is 10.2 Å². The SMILES string of the molecule is CC(C)c1cc(I)ccc1NC(=O)CSc1nnc(COc2ccc(Cl)cc2Cl)n1C. The predicted octanol–water partition coefficient (Wildman–Crippen LogP) is 6.16. The Labute approximate surface area is 209 Å². The van der Waals surface area contributed by atoms with Crippen molar-refractivity contribution < 1.29 is 9.53 Å². The molecule has 0 radical (unpaired) electrons. The number of aromatic nitrogens is 3. The molecule has 3 rings (SSSR count). The van der Waals surface area contributed by atoms with E-state index in [1.165, 1.54) is 11.8 Å². The van der Waals surface area contributed by atoms with E-state index in [0.717, 1.165) is 14.8 Å². The molecule has 0 spiro atoms. The van der Waals surface area contributed by atoms with Gasteiger partial charge < -0.3 is 14.6 Å². The predicted molar refractivity (Wildman–Crippen MR) is 134 cm³/mol. The molecular formula is C21H21Cl2IN4O2S. The van der Waals surface area contributed by atoms with Crippen LogP contribution in [-0.4, -0.2) is 26.4 Å². The molecule has 0 saturated heterocycles. The first-order chi connectivity index (χ1) is 14.7. The van der Waals surface area contributed by atoms with Gasteiger partial charge in [0, 0.05) is 21.3 Å². The number of halogens is 3. The van der Waals surface area contributed by atoms with Crippen molar-refractivity contribution in [3.05, 3.63) is 61.4 Å². The van der Waals surface area contributed by atoms with Crippen molar-refractivity contribution in [1.82, 2.24) is 14.8 Å². The minimum atomic E-state index is -0.0955. The molecule has 10 heteroatoms. The van der Waals surface area contributed by atoms with E-state index in [1.54, 1.807) is 22.8 Å². The molecule has 1 amide bonds. The van der Waals surface area contributed by atoms with Crippen molar-refractivity contribution in [2.75, 3.05) is 11.1 Å². The van der Waals surface area contributed by atoms with E-state index < -0.39 is 0 Å². The number of carbonyl (C=O) groups excluding carboxylic acids is 1. The monoisotopic (exact) mass is 590 g/mol. The molecule has 0 saturated carbocycles. The molecule has 164 valence electrons. The van der Waals surface area contributed by atoms with Gasteiger partial charge in [0.05, 0.1) is 10.8 Å². The number of carbonyl (C=O) groups is 1. The topological polar surface area (TPSA) is 69.0 Å². The fraction of sp³-hybridized carbons (Fsp3) is 0.286. The van der Waals surface area contributed by atoms with Crippen LogP contribution < -0.4 is 10.1 Å². The molecule has 1 heterocycles. The van der Waals surface area contributed by atoms with Crippen LogP contribution in [0.2, 0.25) is 10.0 Å². The average molecular weight is 591 g/mol. The summed E-state index contributed by atoms with van der Waals surface area (Å²) in [6.07, 6.45) is 0. The zero-order valence-electron chi connectivity index (χ0n) is 17.2. The highest BCUT2D eigenvalue weighted by molar-refractivity contribution is 14.1. The Morgan fingerprint density at radius 3 is 2.71 bits per heavy atom. The Morgan fingerprint density at radius 2 is 2.00 bits per heavy atom. The van der Waals surface area contributed by atoms with Gasteiger partial charge in [-0.1, -0.05) is 48.8 Å². The Kier molecular flexibility index (Phi) is 8.49. The highest BCUT2D eigenvalue weighted by Crippen LogP contribution is 2.29. The number of ether oxygens (including phenoxy) is 1. The Morgan fingerprint density at radius 1 is 1.23 bits per heavy atom. The smallest absolute Gasteiger partial charge is 0.234 e. The molecule has 3 aromatic rings. The molecule has 31 heavy (non-hydrogen) atoms. The van der Waals surface area contributed by atoms with Crippen molar-refractivity contribution in [3.63, 3.8) is 0 Å². The lowest BCUT2D eigenvalue weighted by Crippen LogP contribution is -2.16. The standard InChI is InChI=1S/C21H21Cl2IN4O2S/c1-12(2)15-9-14(24)5-6-17(15)25-20(29)11-31-21-27-26-19(28(21)3)10-30-18-7-4-13(22)8-16(18)23/h4-9,12H,10-11H2,1-3H3,(H,25,29). The average Bonchev–Trinajstić information content (AvgIpc) is 3.06. The van der Waals surface area contributed by atoms with Crippen molar-refractivity contribution >= 4 is 69.1 Å². The van der Waals surface area contributed by atoms with Crippen LogP contribution >= 0.6 is 57.6 Å². The van der Waals surface area contributed by atoms with E-state index in [4.69, 9.17) is 27.9 Å². The van der Waals surface area contributed by atoms with E-state index in [0.29, 0.717) is 32.7 Å². The van der Waals surface area contributed by atoms with Gasteiger partial charge in [0.2, 0.25) is 5.91 Å². The molecule has 1 aromatic heterocycles. The first-order valence-corrected chi connectivity index (χ1v) is 12.2. The van der Waals surface area contributed by atoms with Gasteiger partial charge in [-0.2, -0.15) is 0 Å². The lowest BCUT2D eigenvalue weighted by atomic mass is 10.0. The summed E-state index contributed by atoms with van der Waals surface area (Å²) in [5.74, 6) is 1.57. The number of anilines is 1. The minimum Gasteiger partial charge on any atom is -0.484 e. The number of hydrogen-bond donors (Lipinski definition) is 1. The molecule has 0 aliphatic heterocycles. The molecule has 0 aliphatic rings. The van der Waals surface area contributed by atoms with Crippen molar-refractivity contribution in [2.45, 2.75) is 31.5 Å². The summed E-state index contributed by atoms with van der Waals surface area (Å²) in [5.41, 5.74) is 1.96. The molecule has 0 atom stereocenters. The molecule has 1 N–H and O–H groups in total. The van der Waals surface area contributed by atoms with E-state index in [2.05, 4.69) is 58.0 Å². The van der Waals surface area contributed by atoms with E-state index in [1.807, 2.05) is 19.2 Å². The molecule has 0 fully saturated rings. The van der Waals surface area contributed by atoms with E-state index in [9.17, 15) is 4.79 Å². The fourth-order valence-electron chi connectivity index (χ4n) is 2.77. The van der Waals surface area contributed by atoms with Gasteiger partial charge in [-0.3, -0.25) is 4.79 Å². The fourth-order valence-corrected chi connectivity index (χ4v) is 4.48. The quantitative estimate of drug-likeness (QED) is 0.251. The van der Waals surface area contributed by atoms with Crippen LogP contribution in [0.15, 0.2) is 41.6 Å². The Balaban J connectivity index is 1.58. The first kappa shape index (κ1) is 24.2. The molecule has 2 aromatic carbocycles. The van der Waals surface area contributed by atoms with Crippen LogP contribution in [0.3, 0.4) is 0 Å². The summed E-state index contributed by atoms with van der Waals surface area (Å²) in [4.78, 5) is 12.5. The maximum Gasteiger partial charge on any atom is 0.234 e.